The molecule has 52 valence electrons. The van der Waals surface area contributed by atoms with E-state index in [0.29, 0.717) is 6.54 Å². The number of nitrogens with zero attached hydrogens (tertiary/aromatic N) is 1. The molecule has 0 aromatic rings. The SMILES string of the molecule is O=C(Br)CN1CCCC1. The van der Waals surface area contributed by atoms with Gasteiger partial charge in [0, 0.05) is 0 Å². The average Bonchev–Trinajstić information content (AvgIpc) is 2.15. The van der Waals surface area contributed by atoms with Crippen molar-refractivity contribution >= 4 is 20.6 Å². The molecule has 0 atom stereocenters. The van der Waals surface area contributed by atoms with Crippen molar-refractivity contribution in [3.05, 3.63) is 0 Å². The van der Waals surface area contributed by atoms with Crippen molar-refractivity contribution in [3.8, 4) is 0 Å². The van der Waals surface area contributed by atoms with Crippen LogP contribution >= 0.6 is 15.9 Å². The first kappa shape index (κ1) is 7.22. The smallest absolute Gasteiger partial charge is 0.211 e. The van der Waals surface area contributed by atoms with Crippen LogP contribution in [0.3, 0.4) is 0 Å². The number of hydrogen-bond donors (Lipinski definition) is 0. The van der Waals surface area contributed by atoms with Gasteiger partial charge in [-0.15, -0.1) is 0 Å². The number of likely N-dealkylation sites (tertiary alicyclic amines) is 1. The lowest BCUT2D eigenvalue weighted by Gasteiger charge is -2.09. The Balaban J connectivity index is 2.19. The second-order valence-corrected chi connectivity index (χ2v) is 3.22. The van der Waals surface area contributed by atoms with Crippen LogP contribution in [0.2, 0.25) is 0 Å². The highest BCUT2D eigenvalue weighted by atomic mass is 79.9. The maximum absolute atomic E-state index is 10.5. The molecule has 1 fully saturated rings. The normalized spacial score (nSPS) is 20.6. The lowest BCUT2D eigenvalue weighted by atomic mass is 10.4. The van der Waals surface area contributed by atoms with Crippen LogP contribution in [-0.2, 0) is 4.79 Å². The van der Waals surface area contributed by atoms with E-state index in [0.717, 1.165) is 13.1 Å². The van der Waals surface area contributed by atoms with Crippen LogP contribution in [0.5, 0.6) is 0 Å². The highest BCUT2D eigenvalue weighted by Crippen LogP contribution is 2.06. The van der Waals surface area contributed by atoms with E-state index in [1.165, 1.54) is 12.8 Å². The second-order valence-electron chi connectivity index (χ2n) is 2.34. The summed E-state index contributed by atoms with van der Waals surface area (Å²) in [5, 5.41) is 0. The van der Waals surface area contributed by atoms with Crippen LogP contribution in [0, 0.1) is 0 Å². The van der Waals surface area contributed by atoms with E-state index in [1.54, 1.807) is 0 Å². The van der Waals surface area contributed by atoms with Gasteiger partial charge in [0.1, 0.15) is 0 Å². The van der Waals surface area contributed by atoms with E-state index in [-0.39, 0.29) is 4.69 Å². The van der Waals surface area contributed by atoms with Crippen molar-refractivity contribution in [2.45, 2.75) is 12.8 Å². The summed E-state index contributed by atoms with van der Waals surface area (Å²) in [7, 11) is 0. The minimum Gasteiger partial charge on any atom is -0.295 e. The highest BCUT2D eigenvalue weighted by Gasteiger charge is 2.12. The molecule has 0 spiro atoms. The molecule has 3 heteroatoms. The van der Waals surface area contributed by atoms with Gasteiger partial charge in [0.2, 0.25) is 4.69 Å². The Kier molecular flexibility index (Phi) is 2.66. The van der Waals surface area contributed by atoms with Crippen LogP contribution < -0.4 is 0 Å². The minimum atomic E-state index is 0.101. The topological polar surface area (TPSA) is 20.3 Å². The molecule has 0 aliphatic carbocycles. The van der Waals surface area contributed by atoms with Crippen molar-refractivity contribution in [1.29, 1.82) is 0 Å². The fraction of sp³-hybridized carbons (Fsp3) is 0.833. The molecule has 9 heavy (non-hydrogen) atoms. The number of halogens is 1. The molecular weight excluding hydrogens is 182 g/mol. The predicted octanol–water partition coefficient (Wildman–Crippen LogP) is 1.00. The fourth-order valence-electron chi connectivity index (χ4n) is 1.12. The number of hydrogen-bond acceptors (Lipinski definition) is 2. The zero-order valence-electron chi connectivity index (χ0n) is 5.27. The van der Waals surface area contributed by atoms with Gasteiger partial charge in [-0.2, -0.15) is 0 Å². The van der Waals surface area contributed by atoms with Crippen LogP contribution in [0.15, 0.2) is 0 Å². The summed E-state index contributed by atoms with van der Waals surface area (Å²) in [4.78, 5) is 12.6. The Morgan fingerprint density at radius 3 is 2.44 bits per heavy atom. The van der Waals surface area contributed by atoms with Crippen molar-refractivity contribution in [3.63, 3.8) is 0 Å². The monoisotopic (exact) mass is 191 g/mol. The lowest BCUT2D eigenvalue weighted by molar-refractivity contribution is -0.111. The van der Waals surface area contributed by atoms with Crippen molar-refractivity contribution in [2.75, 3.05) is 19.6 Å². The summed E-state index contributed by atoms with van der Waals surface area (Å²) in [6.07, 6.45) is 2.50. The van der Waals surface area contributed by atoms with Gasteiger partial charge in [0.15, 0.2) is 0 Å². The number of rotatable bonds is 2. The lowest BCUT2D eigenvalue weighted by Crippen LogP contribution is -2.23. The maximum atomic E-state index is 10.5. The molecule has 1 saturated heterocycles. The molecule has 1 heterocycles. The van der Waals surface area contributed by atoms with Crippen molar-refractivity contribution in [2.24, 2.45) is 0 Å². The van der Waals surface area contributed by atoms with E-state index in [4.69, 9.17) is 0 Å². The maximum Gasteiger partial charge on any atom is 0.211 e. The summed E-state index contributed by atoms with van der Waals surface area (Å²) < 4.78 is 0.101. The van der Waals surface area contributed by atoms with E-state index in [2.05, 4.69) is 20.8 Å². The van der Waals surface area contributed by atoms with Crippen LogP contribution in [0.1, 0.15) is 12.8 Å². The Morgan fingerprint density at radius 2 is 2.00 bits per heavy atom. The third-order valence-electron chi connectivity index (χ3n) is 1.55. The zero-order chi connectivity index (χ0) is 6.69. The molecule has 0 aromatic carbocycles. The largest absolute Gasteiger partial charge is 0.295 e. The number of carbonyl (C=O) groups excluding carboxylic acids is 1. The molecule has 0 amide bonds. The van der Waals surface area contributed by atoms with E-state index >= 15 is 0 Å². The highest BCUT2D eigenvalue weighted by molar-refractivity contribution is 9.18. The summed E-state index contributed by atoms with van der Waals surface area (Å²) in [6.45, 7) is 2.77. The molecule has 0 N–H and O–H groups in total. The molecule has 2 nitrogen and oxygen atoms in total. The van der Waals surface area contributed by atoms with E-state index in [9.17, 15) is 4.79 Å². The van der Waals surface area contributed by atoms with E-state index < -0.39 is 0 Å². The third kappa shape index (κ3) is 2.45. The van der Waals surface area contributed by atoms with Gasteiger partial charge in [-0.1, -0.05) is 0 Å². The Hall–Kier alpha value is 0.110. The molecule has 0 radical (unpaired) electrons. The predicted molar refractivity (Wildman–Crippen MR) is 39.6 cm³/mol. The molecule has 0 aromatic heterocycles. The molecule has 0 unspecified atom stereocenters. The zero-order valence-corrected chi connectivity index (χ0v) is 6.85. The quantitative estimate of drug-likeness (QED) is 0.608. The van der Waals surface area contributed by atoms with Gasteiger partial charge >= 0.3 is 0 Å². The molecule has 1 aliphatic heterocycles. The first-order valence-electron chi connectivity index (χ1n) is 3.20. The summed E-state index contributed by atoms with van der Waals surface area (Å²) in [5.74, 6) is 0. The standard InChI is InChI=1S/C6H10BrNO/c7-6(9)5-8-3-1-2-4-8/h1-5H2. The second kappa shape index (κ2) is 3.32. The van der Waals surface area contributed by atoms with Gasteiger partial charge in [0.05, 0.1) is 6.54 Å². The van der Waals surface area contributed by atoms with Crippen molar-refractivity contribution in [1.82, 2.24) is 4.90 Å². The molecule has 0 saturated carbocycles. The number of carbonyl (C=O) groups is 1. The fourth-order valence-corrected chi connectivity index (χ4v) is 1.47. The Bertz CT molecular complexity index is 110. The van der Waals surface area contributed by atoms with E-state index in [1.807, 2.05) is 0 Å². The minimum absolute atomic E-state index is 0.101. The van der Waals surface area contributed by atoms with Gasteiger partial charge in [-0.25, -0.2) is 0 Å². The summed E-state index contributed by atoms with van der Waals surface area (Å²) in [6, 6.07) is 0. The summed E-state index contributed by atoms with van der Waals surface area (Å²) >= 11 is 2.90. The Morgan fingerprint density at radius 1 is 1.44 bits per heavy atom. The van der Waals surface area contributed by atoms with Gasteiger partial charge in [-0.05, 0) is 41.9 Å². The third-order valence-corrected chi connectivity index (χ3v) is 1.80. The van der Waals surface area contributed by atoms with Crippen LogP contribution in [0.4, 0.5) is 0 Å². The molecule has 1 aliphatic rings. The average molecular weight is 192 g/mol. The van der Waals surface area contributed by atoms with Crippen molar-refractivity contribution < 1.29 is 4.79 Å². The first-order valence-corrected chi connectivity index (χ1v) is 3.99. The van der Waals surface area contributed by atoms with Crippen LogP contribution in [0.25, 0.3) is 0 Å². The van der Waals surface area contributed by atoms with Gasteiger partial charge in [0.25, 0.3) is 0 Å². The summed E-state index contributed by atoms with van der Waals surface area (Å²) in [5.41, 5.74) is 0. The van der Waals surface area contributed by atoms with Gasteiger partial charge < -0.3 is 0 Å². The first-order chi connectivity index (χ1) is 4.29. The molecular formula is C6H10BrNO. The van der Waals surface area contributed by atoms with Crippen LogP contribution in [-0.4, -0.2) is 29.2 Å². The van der Waals surface area contributed by atoms with Gasteiger partial charge in [-0.3, -0.25) is 9.69 Å². The Labute approximate surface area is 63.3 Å². The molecule has 1 rings (SSSR count). The molecule has 0 bridgehead atoms.